The van der Waals surface area contributed by atoms with Crippen LogP contribution in [0.3, 0.4) is 0 Å². The summed E-state index contributed by atoms with van der Waals surface area (Å²) in [6.07, 6.45) is 0.483. The highest BCUT2D eigenvalue weighted by molar-refractivity contribution is 8.00. The Labute approximate surface area is 159 Å². The Morgan fingerprint density at radius 1 is 1.23 bits per heavy atom. The number of amides is 2. The van der Waals surface area contributed by atoms with Crippen LogP contribution in [0.5, 0.6) is 0 Å². The maximum atomic E-state index is 12.6. The average molecular weight is 378 g/mol. The number of ether oxygens (including phenoxy) is 1. The third-order valence-corrected chi connectivity index (χ3v) is 5.80. The first-order valence-corrected chi connectivity index (χ1v) is 10.1. The van der Waals surface area contributed by atoms with Gasteiger partial charge in [-0.1, -0.05) is 19.1 Å². The van der Waals surface area contributed by atoms with E-state index in [1.54, 1.807) is 11.8 Å². The molecule has 1 saturated heterocycles. The van der Waals surface area contributed by atoms with Crippen LogP contribution in [-0.2, 0) is 14.3 Å². The number of nitrogens with zero attached hydrogens (tertiary/aromatic N) is 2. The largest absolute Gasteiger partial charge is 0.379 e. The second-order valence-electron chi connectivity index (χ2n) is 6.70. The van der Waals surface area contributed by atoms with Crippen molar-refractivity contribution in [3.8, 4) is 0 Å². The molecule has 0 bridgehead atoms. The van der Waals surface area contributed by atoms with Crippen LogP contribution in [-0.4, -0.2) is 67.9 Å². The Morgan fingerprint density at radius 2 is 2.00 bits per heavy atom. The van der Waals surface area contributed by atoms with Crippen LogP contribution in [0.1, 0.15) is 19.8 Å². The van der Waals surface area contributed by atoms with Crippen molar-refractivity contribution in [3.63, 3.8) is 0 Å². The molecule has 0 aliphatic carbocycles. The first kappa shape index (κ1) is 19.2. The van der Waals surface area contributed by atoms with Crippen molar-refractivity contribution >= 4 is 29.3 Å². The molecule has 26 heavy (non-hydrogen) atoms. The summed E-state index contributed by atoms with van der Waals surface area (Å²) in [5.41, 5.74) is 0.966. The van der Waals surface area contributed by atoms with E-state index in [2.05, 4.69) is 17.1 Å². The number of rotatable bonds is 6. The Morgan fingerprint density at radius 3 is 2.81 bits per heavy atom. The first-order chi connectivity index (χ1) is 12.6. The van der Waals surface area contributed by atoms with Crippen LogP contribution in [0.4, 0.5) is 5.69 Å². The number of hydrogen-bond acceptors (Lipinski definition) is 5. The maximum Gasteiger partial charge on any atom is 0.227 e. The molecule has 1 N–H and O–H groups in total. The predicted molar refractivity (Wildman–Crippen MR) is 104 cm³/mol. The van der Waals surface area contributed by atoms with Crippen LogP contribution in [0.25, 0.3) is 0 Å². The number of carbonyl (C=O) groups excluding carboxylic acids is 2. The molecule has 1 aromatic rings. The molecule has 6 nitrogen and oxygen atoms in total. The van der Waals surface area contributed by atoms with E-state index in [1.807, 2.05) is 29.2 Å². The Hall–Kier alpha value is -1.57. The van der Waals surface area contributed by atoms with Crippen LogP contribution in [0.2, 0.25) is 0 Å². The van der Waals surface area contributed by atoms with E-state index in [4.69, 9.17) is 4.74 Å². The molecule has 0 aromatic heterocycles. The fraction of sp³-hybridized carbons (Fsp3) is 0.579. The van der Waals surface area contributed by atoms with Gasteiger partial charge < -0.3 is 15.0 Å². The van der Waals surface area contributed by atoms with Crippen LogP contribution in [0, 0.1) is 0 Å². The van der Waals surface area contributed by atoms with Gasteiger partial charge in [0.05, 0.1) is 18.9 Å². The van der Waals surface area contributed by atoms with E-state index in [-0.39, 0.29) is 24.7 Å². The Bertz CT molecular complexity index is 634. The summed E-state index contributed by atoms with van der Waals surface area (Å²) in [7, 11) is 0. The van der Waals surface area contributed by atoms with Crippen molar-refractivity contribution in [2.75, 3.05) is 50.8 Å². The van der Waals surface area contributed by atoms with Crippen molar-refractivity contribution < 1.29 is 14.3 Å². The second kappa shape index (κ2) is 9.39. The lowest BCUT2D eigenvalue weighted by Crippen LogP contribution is -2.42. The van der Waals surface area contributed by atoms with Crippen molar-refractivity contribution in [3.05, 3.63) is 24.3 Å². The van der Waals surface area contributed by atoms with Gasteiger partial charge in [0.2, 0.25) is 11.8 Å². The van der Waals surface area contributed by atoms with Gasteiger partial charge in [-0.25, -0.2) is 0 Å². The highest BCUT2D eigenvalue weighted by atomic mass is 32.2. The number of hydrogen-bond donors (Lipinski definition) is 1. The number of thioether (sulfide) groups is 1. The molecular weight excluding hydrogens is 350 g/mol. The van der Waals surface area contributed by atoms with E-state index < -0.39 is 0 Å². The molecule has 2 aliphatic rings. The van der Waals surface area contributed by atoms with Gasteiger partial charge in [-0.05, 0) is 12.1 Å². The zero-order valence-electron chi connectivity index (χ0n) is 15.3. The zero-order chi connectivity index (χ0) is 18.4. The first-order valence-electron chi connectivity index (χ1n) is 9.26. The minimum atomic E-state index is -0.0562. The van der Waals surface area contributed by atoms with E-state index in [1.165, 1.54) is 0 Å². The molecule has 0 spiro atoms. The molecule has 0 unspecified atom stereocenters. The van der Waals surface area contributed by atoms with Gasteiger partial charge in [0, 0.05) is 55.7 Å². The molecule has 2 aliphatic heterocycles. The Balaban J connectivity index is 1.43. The quantitative estimate of drug-likeness (QED) is 0.818. The van der Waals surface area contributed by atoms with Crippen molar-refractivity contribution in [2.24, 2.45) is 0 Å². The van der Waals surface area contributed by atoms with Gasteiger partial charge in [0.1, 0.15) is 0 Å². The van der Waals surface area contributed by atoms with Crippen LogP contribution >= 0.6 is 11.8 Å². The monoisotopic (exact) mass is 377 g/mol. The van der Waals surface area contributed by atoms with E-state index >= 15 is 0 Å². The number of nitrogens with one attached hydrogen (secondary N) is 1. The van der Waals surface area contributed by atoms with E-state index in [0.29, 0.717) is 18.3 Å². The number of morpholine rings is 1. The van der Waals surface area contributed by atoms with Gasteiger partial charge in [-0.2, -0.15) is 0 Å². The lowest BCUT2D eigenvalue weighted by Gasteiger charge is -2.32. The van der Waals surface area contributed by atoms with Crippen molar-refractivity contribution in [1.82, 2.24) is 10.2 Å². The average Bonchev–Trinajstić information content (AvgIpc) is 2.66. The normalized spacial score (nSPS) is 20.5. The van der Waals surface area contributed by atoms with Gasteiger partial charge in [-0.15, -0.1) is 11.8 Å². The van der Waals surface area contributed by atoms with Crippen molar-refractivity contribution in [2.45, 2.75) is 29.9 Å². The molecule has 7 heteroatoms. The third kappa shape index (κ3) is 5.22. The lowest BCUT2D eigenvalue weighted by molar-refractivity contribution is -0.125. The minimum absolute atomic E-state index is 0.0212. The number of fused-ring (bicyclic) bond motifs is 1. The third-order valence-electron chi connectivity index (χ3n) is 4.64. The van der Waals surface area contributed by atoms with E-state index in [9.17, 15) is 9.59 Å². The Kier molecular flexibility index (Phi) is 6.93. The summed E-state index contributed by atoms with van der Waals surface area (Å²) in [4.78, 5) is 29.9. The second-order valence-corrected chi connectivity index (χ2v) is 8.18. The summed E-state index contributed by atoms with van der Waals surface area (Å²) in [6, 6.07) is 7.98. The predicted octanol–water partition coefficient (Wildman–Crippen LogP) is 1.74. The lowest BCUT2D eigenvalue weighted by atomic mass is 10.2. The number of para-hydroxylation sites is 1. The molecule has 2 heterocycles. The smallest absolute Gasteiger partial charge is 0.227 e. The maximum absolute atomic E-state index is 12.6. The zero-order valence-corrected chi connectivity index (χ0v) is 16.1. The van der Waals surface area contributed by atoms with Crippen LogP contribution < -0.4 is 10.2 Å². The fourth-order valence-corrected chi connectivity index (χ4v) is 4.36. The van der Waals surface area contributed by atoms with Gasteiger partial charge in [0.15, 0.2) is 0 Å². The molecule has 3 rings (SSSR count). The molecule has 142 valence electrons. The standard InChI is InChI=1S/C19H27N3O3S/c1-15-14-22(16-4-2-3-5-17(16)26-15)19(24)7-6-18(23)20-8-9-21-10-12-25-13-11-21/h2-5,15H,6-14H2,1H3,(H,20,23)/t15-/m1/s1. The summed E-state index contributed by atoms with van der Waals surface area (Å²) in [5, 5.41) is 3.28. The van der Waals surface area contributed by atoms with Crippen molar-refractivity contribution in [1.29, 1.82) is 0 Å². The molecule has 1 atom stereocenters. The molecule has 0 radical (unpaired) electrons. The van der Waals surface area contributed by atoms with Gasteiger partial charge in [0.25, 0.3) is 0 Å². The molecule has 1 fully saturated rings. The number of benzene rings is 1. The topological polar surface area (TPSA) is 61.9 Å². The highest BCUT2D eigenvalue weighted by Crippen LogP contribution is 2.38. The molecule has 0 saturated carbocycles. The summed E-state index contributed by atoms with van der Waals surface area (Å²) in [5.74, 6) is -0.0349. The number of carbonyl (C=O) groups is 2. The number of anilines is 1. The van der Waals surface area contributed by atoms with Crippen LogP contribution in [0.15, 0.2) is 29.2 Å². The molecular formula is C19H27N3O3S. The highest BCUT2D eigenvalue weighted by Gasteiger charge is 2.26. The summed E-state index contributed by atoms with van der Waals surface area (Å²) >= 11 is 1.80. The molecule has 2 amide bonds. The molecule has 1 aromatic carbocycles. The summed E-state index contributed by atoms with van der Waals surface area (Å²) in [6.45, 7) is 7.62. The van der Waals surface area contributed by atoms with Gasteiger partial charge >= 0.3 is 0 Å². The van der Waals surface area contributed by atoms with E-state index in [0.717, 1.165) is 43.4 Å². The minimum Gasteiger partial charge on any atom is -0.379 e. The summed E-state index contributed by atoms with van der Waals surface area (Å²) < 4.78 is 5.31. The fourth-order valence-electron chi connectivity index (χ4n) is 3.25. The van der Waals surface area contributed by atoms with Gasteiger partial charge in [-0.3, -0.25) is 14.5 Å². The SMILES string of the molecule is C[C@@H]1CN(C(=O)CCC(=O)NCCN2CCOCC2)c2ccccc2S1.